The monoisotopic (exact) mass is 800 g/mol. The molecule has 2 amide bonds. The molecular formula is C36H48F2N2O12P2. The predicted molar refractivity (Wildman–Crippen MR) is 194 cm³/mol. The van der Waals surface area contributed by atoms with Crippen LogP contribution in [0, 0.1) is 0 Å². The van der Waals surface area contributed by atoms with E-state index in [2.05, 4.69) is 5.32 Å². The van der Waals surface area contributed by atoms with Gasteiger partial charge in [-0.3, -0.25) is 28.3 Å². The van der Waals surface area contributed by atoms with Crippen molar-refractivity contribution in [1.82, 2.24) is 10.2 Å². The van der Waals surface area contributed by atoms with Crippen LogP contribution in [0.2, 0.25) is 0 Å². The molecule has 54 heavy (non-hydrogen) atoms. The normalized spacial score (nSPS) is 17.2. The zero-order valence-corrected chi connectivity index (χ0v) is 31.8. The minimum atomic E-state index is -5.32. The van der Waals surface area contributed by atoms with E-state index in [1.54, 1.807) is 17.9 Å². The smallest absolute Gasteiger partial charge is 0.366 e. The highest BCUT2D eigenvalue weighted by atomic mass is 31.2. The summed E-state index contributed by atoms with van der Waals surface area (Å²) in [5.74, 6) is -5.58. The number of aliphatic hydroxyl groups is 1. The molecule has 1 aliphatic heterocycles. The van der Waals surface area contributed by atoms with E-state index >= 15 is 8.78 Å². The Morgan fingerprint density at radius 1 is 1.04 bits per heavy atom. The van der Waals surface area contributed by atoms with Gasteiger partial charge in [-0.1, -0.05) is 61.4 Å². The molecule has 1 heterocycles. The Kier molecular flexibility index (Phi) is 17.2. The molecule has 4 atom stereocenters. The zero-order valence-electron chi connectivity index (χ0n) is 29.9. The molecule has 5 N–H and O–H groups in total. The second kappa shape index (κ2) is 20.8. The minimum absolute atomic E-state index is 0.107. The summed E-state index contributed by atoms with van der Waals surface area (Å²) in [6, 6.07) is 12.0. The van der Waals surface area contributed by atoms with Gasteiger partial charge in [-0.2, -0.15) is 8.78 Å². The largest absolute Gasteiger partial charge is 0.466 e. The molecule has 1 saturated heterocycles. The molecule has 2 aromatic rings. The van der Waals surface area contributed by atoms with Gasteiger partial charge in [0, 0.05) is 37.1 Å². The quantitative estimate of drug-likeness (QED) is 0.0470. The number of likely N-dealkylation sites (tertiary alicyclic amines) is 1. The molecule has 0 aromatic heterocycles. The van der Waals surface area contributed by atoms with Crippen molar-refractivity contribution in [3.05, 3.63) is 83.4 Å². The van der Waals surface area contributed by atoms with Crippen LogP contribution < -0.4 is 5.32 Å². The Balaban J connectivity index is 1.61. The van der Waals surface area contributed by atoms with Gasteiger partial charge < -0.3 is 39.5 Å². The highest BCUT2D eigenvalue weighted by Crippen LogP contribution is 2.62. The van der Waals surface area contributed by atoms with Crippen LogP contribution in [0.1, 0.15) is 86.2 Å². The van der Waals surface area contributed by atoms with Crippen LogP contribution in [0.15, 0.2) is 66.7 Å². The summed E-state index contributed by atoms with van der Waals surface area (Å²) in [5.41, 5.74) is 0.0934. The number of esters is 2. The number of ether oxygens (including phenoxy) is 2. The average Bonchev–Trinajstić information content (AvgIpc) is 3.48. The topological polar surface area (TPSA) is 217 Å². The molecule has 0 spiro atoms. The van der Waals surface area contributed by atoms with E-state index in [-0.39, 0.29) is 42.4 Å². The Morgan fingerprint density at radius 2 is 1.70 bits per heavy atom. The minimum Gasteiger partial charge on any atom is -0.466 e. The molecule has 0 radical (unpaired) electrons. The molecule has 2 aromatic carbocycles. The number of rotatable bonds is 22. The summed E-state index contributed by atoms with van der Waals surface area (Å²) in [6.45, 7) is 2.28. The van der Waals surface area contributed by atoms with Crippen LogP contribution in [-0.2, 0) is 45.3 Å². The fourth-order valence-electron chi connectivity index (χ4n) is 5.81. The Bertz CT molecular complexity index is 1670. The summed E-state index contributed by atoms with van der Waals surface area (Å²) in [7, 11) is -9.35. The fourth-order valence-corrected chi connectivity index (χ4v) is 7.65. The van der Waals surface area contributed by atoms with E-state index in [4.69, 9.17) is 9.47 Å². The molecule has 2 unspecified atom stereocenters. The lowest BCUT2D eigenvalue weighted by Gasteiger charge is -2.27. The third-order valence-electron chi connectivity index (χ3n) is 8.87. The predicted octanol–water partition coefficient (Wildman–Crippen LogP) is 4.79. The number of benzene rings is 2. The number of carbonyl (C=O) groups excluding carboxylic acids is 4. The van der Waals surface area contributed by atoms with Crippen molar-refractivity contribution >= 4 is 39.4 Å². The van der Waals surface area contributed by atoms with E-state index in [9.17, 15) is 48.1 Å². The average molecular weight is 801 g/mol. The number of nitrogens with zero attached hydrogens (tertiary/aromatic N) is 1. The van der Waals surface area contributed by atoms with Gasteiger partial charge in [0.15, 0.2) is 6.10 Å². The summed E-state index contributed by atoms with van der Waals surface area (Å²) in [5, 5.41) is 9.28. The van der Waals surface area contributed by atoms with Gasteiger partial charge in [0.05, 0.1) is 19.1 Å². The van der Waals surface area contributed by atoms with Crippen molar-refractivity contribution in [1.29, 1.82) is 0 Å². The SMILES string of the molecule is CCOC(=O)CCCCCCN1C(=O)CC[C@@H]1/C=C/[C@@H](OC(=O)Cc1ccc(C(=O)NCCCC(O)([PH](=O)O)P(=O)(O)O)cc1)C(F)(F)c1ccccc1. The Hall–Kier alpha value is -3.78. The van der Waals surface area contributed by atoms with E-state index in [0.717, 1.165) is 18.9 Å². The van der Waals surface area contributed by atoms with Crippen molar-refractivity contribution in [2.45, 2.75) is 94.3 Å². The summed E-state index contributed by atoms with van der Waals surface area (Å²) in [6.07, 6.45) is 3.04. The molecule has 1 aliphatic rings. The molecule has 1 fully saturated rings. The first-order valence-corrected chi connectivity index (χ1v) is 20.6. The van der Waals surface area contributed by atoms with Crippen LogP contribution >= 0.6 is 15.6 Å². The molecule has 14 nitrogen and oxygen atoms in total. The van der Waals surface area contributed by atoms with Crippen LogP contribution in [0.5, 0.6) is 0 Å². The van der Waals surface area contributed by atoms with Gasteiger partial charge in [0.25, 0.3) is 5.91 Å². The number of halogens is 2. The molecule has 18 heteroatoms. The lowest BCUT2D eigenvalue weighted by atomic mass is 10.0. The maximum atomic E-state index is 15.9. The number of nitrogens with one attached hydrogen (secondary N) is 1. The molecule has 0 aliphatic carbocycles. The van der Waals surface area contributed by atoms with Gasteiger partial charge in [-0.25, -0.2) is 0 Å². The van der Waals surface area contributed by atoms with Crippen LogP contribution in [0.25, 0.3) is 0 Å². The van der Waals surface area contributed by atoms with Crippen LogP contribution in [0.4, 0.5) is 8.78 Å². The van der Waals surface area contributed by atoms with E-state index < -0.39 is 63.5 Å². The number of hydrogen-bond donors (Lipinski definition) is 5. The third-order valence-corrected chi connectivity index (χ3v) is 12.4. The van der Waals surface area contributed by atoms with Crippen molar-refractivity contribution in [2.24, 2.45) is 0 Å². The van der Waals surface area contributed by atoms with E-state index in [1.807, 2.05) is 0 Å². The van der Waals surface area contributed by atoms with Gasteiger partial charge in [-0.05, 0) is 62.8 Å². The summed E-state index contributed by atoms with van der Waals surface area (Å²) >= 11 is 0. The van der Waals surface area contributed by atoms with Crippen molar-refractivity contribution in [2.75, 3.05) is 19.7 Å². The van der Waals surface area contributed by atoms with Crippen molar-refractivity contribution in [3.63, 3.8) is 0 Å². The second-order valence-electron chi connectivity index (χ2n) is 12.8. The van der Waals surface area contributed by atoms with E-state index in [1.165, 1.54) is 54.6 Å². The highest BCUT2D eigenvalue weighted by molar-refractivity contribution is 7.66. The van der Waals surface area contributed by atoms with Crippen molar-refractivity contribution < 1.29 is 66.3 Å². The highest BCUT2D eigenvalue weighted by Gasteiger charge is 2.49. The molecule has 3 rings (SSSR count). The van der Waals surface area contributed by atoms with Gasteiger partial charge in [-0.15, -0.1) is 0 Å². The van der Waals surface area contributed by atoms with Gasteiger partial charge in [0.1, 0.15) is 0 Å². The Labute approximate surface area is 312 Å². The molecule has 0 saturated carbocycles. The third kappa shape index (κ3) is 12.9. The number of amides is 2. The maximum Gasteiger partial charge on any atom is 0.366 e. The number of carbonyl (C=O) groups is 4. The molecular weight excluding hydrogens is 752 g/mol. The van der Waals surface area contributed by atoms with Gasteiger partial charge in [0.2, 0.25) is 19.0 Å². The lowest BCUT2D eigenvalue weighted by molar-refractivity contribution is -0.167. The van der Waals surface area contributed by atoms with E-state index in [0.29, 0.717) is 44.4 Å². The summed E-state index contributed by atoms with van der Waals surface area (Å²) in [4.78, 5) is 79.0. The summed E-state index contributed by atoms with van der Waals surface area (Å²) < 4.78 is 64.8. The second-order valence-corrected chi connectivity index (χ2v) is 16.5. The maximum absolute atomic E-state index is 15.9. The lowest BCUT2D eigenvalue weighted by Crippen LogP contribution is -2.36. The molecule has 298 valence electrons. The fraction of sp³-hybridized carbons (Fsp3) is 0.500. The first-order chi connectivity index (χ1) is 25.5. The number of unbranched alkanes of at least 4 members (excludes halogenated alkanes) is 3. The van der Waals surface area contributed by atoms with Gasteiger partial charge >= 0.3 is 25.5 Å². The molecule has 0 bridgehead atoms. The Morgan fingerprint density at radius 3 is 2.33 bits per heavy atom. The van der Waals surface area contributed by atoms with Crippen LogP contribution in [-0.4, -0.2) is 85.4 Å². The first-order valence-electron chi connectivity index (χ1n) is 17.6. The first kappa shape index (κ1) is 44.6. The zero-order chi connectivity index (χ0) is 39.9. The van der Waals surface area contributed by atoms with Crippen molar-refractivity contribution in [3.8, 4) is 0 Å². The van der Waals surface area contributed by atoms with Crippen LogP contribution in [0.3, 0.4) is 0 Å². The number of alkyl halides is 2. The number of hydrogen-bond acceptors (Lipinski definition) is 9. The standard InChI is InChI=1S/C36H48F2N2O12P2/c1-2-51-32(42)13-8-3-4-9-24-40-29(19-21-31(40)41)18-20-30(36(37,38)28-11-6-5-7-12-28)52-33(43)25-26-14-16-27(17-15-26)34(44)39-23-10-22-35(45,53(46)47)54(48,49)50/h5-7,11-12,14-18,20,29-30,45,53H,2-4,8-10,13,19,21-25H2,1H3,(H,39,44)(H,46,47)(H2,48,49,50)/b20-18+/t29-,30+,35?/m0/s1.